The molecule has 0 radical (unpaired) electrons. The maximum atomic E-state index is 6.16. The summed E-state index contributed by atoms with van der Waals surface area (Å²) in [5.74, 6) is 1.14. The molecule has 0 aromatic heterocycles. The molecule has 0 saturated carbocycles. The summed E-state index contributed by atoms with van der Waals surface area (Å²) in [6.45, 7) is 16.4. The molecule has 3 nitrogen and oxygen atoms in total. The molecule has 1 heterocycles. The van der Waals surface area contributed by atoms with Gasteiger partial charge in [-0.05, 0) is 64.1 Å². The lowest BCUT2D eigenvalue weighted by Gasteiger charge is -2.32. The lowest BCUT2D eigenvalue weighted by Crippen LogP contribution is -2.41. The Morgan fingerprint density at radius 1 is 1.12 bits per heavy atom. The summed E-state index contributed by atoms with van der Waals surface area (Å²) < 4.78 is 18.0. The largest absolute Gasteiger partial charge is 0.490 e. The minimum absolute atomic E-state index is 0.210. The van der Waals surface area contributed by atoms with Crippen LogP contribution in [0, 0.1) is 0 Å². The van der Waals surface area contributed by atoms with E-state index in [1.165, 1.54) is 5.56 Å². The van der Waals surface area contributed by atoms with Crippen LogP contribution in [-0.4, -0.2) is 24.9 Å². The van der Waals surface area contributed by atoms with Crippen molar-refractivity contribution < 1.29 is 14.0 Å². The molecule has 24 heavy (non-hydrogen) atoms. The minimum Gasteiger partial charge on any atom is -0.490 e. The van der Waals surface area contributed by atoms with Crippen molar-refractivity contribution in [2.45, 2.75) is 57.6 Å². The van der Waals surface area contributed by atoms with Crippen LogP contribution in [0.15, 0.2) is 49.6 Å². The summed E-state index contributed by atoms with van der Waals surface area (Å²) in [7, 11) is -0.210. The summed E-state index contributed by atoms with van der Waals surface area (Å²) in [5, 5.41) is 0. The highest BCUT2D eigenvalue weighted by Gasteiger charge is 2.51. The first-order valence-electron chi connectivity index (χ1n) is 8.59. The first-order valence-corrected chi connectivity index (χ1v) is 8.59. The molecule has 4 heteroatoms. The Morgan fingerprint density at radius 2 is 1.79 bits per heavy atom. The van der Waals surface area contributed by atoms with Gasteiger partial charge < -0.3 is 14.0 Å². The topological polar surface area (TPSA) is 27.7 Å². The van der Waals surface area contributed by atoms with Crippen molar-refractivity contribution in [2.24, 2.45) is 0 Å². The first-order chi connectivity index (χ1) is 11.3. The molecule has 0 unspecified atom stereocenters. The van der Waals surface area contributed by atoms with E-state index in [-0.39, 0.29) is 24.2 Å². The highest BCUT2D eigenvalue weighted by atomic mass is 16.7. The van der Waals surface area contributed by atoms with Crippen molar-refractivity contribution in [3.05, 3.63) is 55.1 Å². The molecule has 1 fully saturated rings. The maximum absolute atomic E-state index is 6.16. The molecule has 0 N–H and O–H groups in total. The van der Waals surface area contributed by atoms with E-state index in [2.05, 4.69) is 53.0 Å². The van der Waals surface area contributed by atoms with Crippen LogP contribution in [0.25, 0.3) is 0 Å². The number of hydrogen-bond donors (Lipinski definition) is 0. The van der Waals surface area contributed by atoms with Crippen LogP contribution in [-0.2, 0) is 9.31 Å². The Labute approximate surface area is 146 Å². The van der Waals surface area contributed by atoms with Crippen LogP contribution in [0.3, 0.4) is 0 Å². The van der Waals surface area contributed by atoms with E-state index in [0.717, 1.165) is 18.5 Å². The third-order valence-electron chi connectivity index (χ3n) is 4.93. The van der Waals surface area contributed by atoms with Crippen molar-refractivity contribution in [3.63, 3.8) is 0 Å². The summed E-state index contributed by atoms with van der Waals surface area (Å²) in [5.41, 5.74) is 0.613. The van der Waals surface area contributed by atoms with E-state index in [1.807, 2.05) is 18.2 Å². The fourth-order valence-electron chi connectivity index (χ4n) is 2.88. The van der Waals surface area contributed by atoms with Gasteiger partial charge in [-0.3, -0.25) is 0 Å². The second kappa shape index (κ2) is 7.58. The number of hydrogen-bond acceptors (Lipinski definition) is 3. The van der Waals surface area contributed by atoms with E-state index in [1.54, 1.807) is 6.08 Å². The predicted molar refractivity (Wildman–Crippen MR) is 101 cm³/mol. The molecule has 1 atom stereocenters. The van der Waals surface area contributed by atoms with Gasteiger partial charge in [0.15, 0.2) is 0 Å². The van der Waals surface area contributed by atoms with Crippen LogP contribution in [0.2, 0.25) is 6.32 Å². The summed E-state index contributed by atoms with van der Waals surface area (Å²) >= 11 is 0. The highest BCUT2D eigenvalue weighted by Crippen LogP contribution is 2.40. The average Bonchev–Trinajstić information content (AvgIpc) is 2.72. The Balaban J connectivity index is 2.13. The normalized spacial score (nSPS) is 19.8. The molecule has 0 spiro atoms. The second-order valence-corrected chi connectivity index (χ2v) is 7.32. The Hall–Kier alpha value is -1.52. The van der Waals surface area contributed by atoms with E-state index in [4.69, 9.17) is 14.0 Å². The van der Waals surface area contributed by atoms with E-state index in [9.17, 15) is 0 Å². The standard InChI is InChI=1S/C20H29BO3/c1-7-10-17(15-21-23-19(3,4)20(5,6)24-21)16-11-9-12-18(14-16)22-13-8-2/h7-9,11-12,14,17H,1-2,10,13,15H2,3-6H3/t17-/m0/s1. The van der Waals surface area contributed by atoms with Crippen LogP contribution in [0.5, 0.6) is 5.75 Å². The van der Waals surface area contributed by atoms with Gasteiger partial charge in [0.05, 0.1) is 11.2 Å². The highest BCUT2D eigenvalue weighted by molar-refractivity contribution is 6.45. The molecule has 1 aromatic rings. The molecule has 1 aliphatic rings. The number of allylic oxidation sites excluding steroid dienone is 1. The van der Waals surface area contributed by atoms with Gasteiger partial charge in [0.25, 0.3) is 0 Å². The predicted octanol–water partition coefficient (Wildman–Crippen LogP) is 5.00. The lowest BCUT2D eigenvalue weighted by atomic mass is 9.73. The molecule has 130 valence electrons. The van der Waals surface area contributed by atoms with Crippen molar-refractivity contribution >= 4 is 7.12 Å². The molecule has 1 saturated heterocycles. The average molecular weight is 328 g/mol. The molecular formula is C20H29BO3. The smallest absolute Gasteiger partial charge is 0.458 e. The van der Waals surface area contributed by atoms with Crippen molar-refractivity contribution in [1.29, 1.82) is 0 Å². The summed E-state index contributed by atoms with van der Waals surface area (Å²) in [6.07, 6.45) is 5.37. The van der Waals surface area contributed by atoms with Crippen molar-refractivity contribution in [1.82, 2.24) is 0 Å². The number of rotatable bonds is 8. The van der Waals surface area contributed by atoms with Crippen molar-refractivity contribution in [2.75, 3.05) is 6.61 Å². The SMILES string of the molecule is C=CCOc1cccc([C@@H](CC=C)CB2OC(C)(C)C(C)(C)O2)c1. The molecule has 0 amide bonds. The zero-order chi connectivity index (χ0) is 17.8. The van der Waals surface area contributed by atoms with Crippen LogP contribution >= 0.6 is 0 Å². The number of ether oxygens (including phenoxy) is 1. The molecule has 0 aliphatic carbocycles. The molecule has 2 rings (SSSR count). The van der Waals surface area contributed by atoms with Gasteiger partial charge in [-0.15, -0.1) is 6.58 Å². The van der Waals surface area contributed by atoms with Gasteiger partial charge in [-0.2, -0.15) is 0 Å². The zero-order valence-corrected chi connectivity index (χ0v) is 15.4. The maximum Gasteiger partial charge on any atom is 0.458 e. The quantitative estimate of drug-likeness (QED) is 0.496. The summed E-state index contributed by atoms with van der Waals surface area (Å²) in [6, 6.07) is 8.20. The Morgan fingerprint density at radius 3 is 2.38 bits per heavy atom. The van der Waals surface area contributed by atoms with Crippen LogP contribution in [0.1, 0.15) is 45.6 Å². The van der Waals surface area contributed by atoms with Gasteiger partial charge in [-0.1, -0.05) is 30.9 Å². The fraction of sp³-hybridized carbons (Fsp3) is 0.500. The lowest BCUT2D eigenvalue weighted by molar-refractivity contribution is 0.00578. The number of benzene rings is 1. The van der Waals surface area contributed by atoms with Gasteiger partial charge >= 0.3 is 7.12 Å². The van der Waals surface area contributed by atoms with Gasteiger partial charge in [0.2, 0.25) is 0 Å². The molecule has 0 bridgehead atoms. The van der Waals surface area contributed by atoms with E-state index >= 15 is 0 Å². The third kappa shape index (κ3) is 4.31. The Bertz CT molecular complexity index is 564. The Kier molecular flexibility index (Phi) is 5.94. The molecule has 1 aliphatic heterocycles. The van der Waals surface area contributed by atoms with Gasteiger partial charge in [0, 0.05) is 0 Å². The minimum atomic E-state index is -0.300. The van der Waals surface area contributed by atoms with E-state index < -0.39 is 0 Å². The van der Waals surface area contributed by atoms with Gasteiger partial charge in [0.1, 0.15) is 12.4 Å². The monoisotopic (exact) mass is 328 g/mol. The first kappa shape index (κ1) is 18.8. The second-order valence-electron chi connectivity index (χ2n) is 7.32. The molecular weight excluding hydrogens is 299 g/mol. The van der Waals surface area contributed by atoms with Gasteiger partial charge in [-0.25, -0.2) is 0 Å². The summed E-state index contributed by atoms with van der Waals surface area (Å²) in [4.78, 5) is 0. The fourth-order valence-corrected chi connectivity index (χ4v) is 2.88. The van der Waals surface area contributed by atoms with Crippen LogP contribution in [0.4, 0.5) is 0 Å². The zero-order valence-electron chi connectivity index (χ0n) is 15.4. The van der Waals surface area contributed by atoms with E-state index in [0.29, 0.717) is 6.61 Å². The van der Waals surface area contributed by atoms with Crippen molar-refractivity contribution in [3.8, 4) is 5.75 Å². The third-order valence-corrected chi connectivity index (χ3v) is 4.93. The van der Waals surface area contributed by atoms with Crippen LogP contribution < -0.4 is 4.74 Å². The molecule has 1 aromatic carbocycles.